The van der Waals surface area contributed by atoms with Crippen molar-refractivity contribution in [3.8, 4) is 0 Å². The molecule has 1 aromatic rings. The van der Waals surface area contributed by atoms with Crippen LogP contribution in [0.5, 0.6) is 0 Å². The number of nitrogens with one attached hydrogen (secondary N) is 2. The van der Waals surface area contributed by atoms with Gasteiger partial charge in [-0.05, 0) is 19.1 Å². The quantitative estimate of drug-likeness (QED) is 0.441. The van der Waals surface area contributed by atoms with Crippen LogP contribution in [0.15, 0.2) is 10.6 Å². The molecule has 0 aliphatic carbocycles. The van der Waals surface area contributed by atoms with Gasteiger partial charge in [-0.2, -0.15) is 11.8 Å². The van der Waals surface area contributed by atoms with Gasteiger partial charge in [-0.25, -0.2) is 4.79 Å². The zero-order chi connectivity index (χ0) is 15.0. The number of aliphatic carboxylic acids is 1. The van der Waals surface area contributed by atoms with Gasteiger partial charge < -0.3 is 20.3 Å². The number of carbonyl (C=O) groups is 3. The molecule has 0 spiro atoms. The second-order valence-corrected chi connectivity index (χ2v) is 4.99. The first-order chi connectivity index (χ1) is 9.52. The Bertz CT molecular complexity index is 476. The molecule has 1 aromatic heterocycles. The number of thioether (sulfide) groups is 1. The van der Waals surface area contributed by atoms with Crippen molar-refractivity contribution in [2.75, 3.05) is 16.8 Å². The highest BCUT2D eigenvalue weighted by molar-refractivity contribution is 7.99. The number of hydrogen-bond acceptors (Lipinski definition) is 6. The van der Waals surface area contributed by atoms with Gasteiger partial charge in [-0.15, -0.1) is 0 Å². The highest BCUT2D eigenvalue weighted by Gasteiger charge is 2.15. The molecule has 20 heavy (non-hydrogen) atoms. The highest BCUT2D eigenvalue weighted by atomic mass is 32.2. The summed E-state index contributed by atoms with van der Waals surface area (Å²) in [5.74, 6) is 0.192. The van der Waals surface area contributed by atoms with E-state index in [1.165, 1.54) is 11.8 Å². The third-order valence-corrected chi connectivity index (χ3v) is 3.24. The molecule has 0 saturated carbocycles. The molecule has 1 rings (SSSR count). The predicted molar refractivity (Wildman–Crippen MR) is 72.4 cm³/mol. The molecule has 3 N–H and O–H groups in total. The fourth-order valence-electron chi connectivity index (χ4n) is 1.33. The maximum absolute atomic E-state index is 11.5. The summed E-state index contributed by atoms with van der Waals surface area (Å²) >= 11 is 1.27. The summed E-state index contributed by atoms with van der Waals surface area (Å²) in [7, 11) is 0. The Balaban J connectivity index is 2.21. The van der Waals surface area contributed by atoms with Gasteiger partial charge in [-0.1, -0.05) is 5.16 Å². The van der Waals surface area contributed by atoms with Gasteiger partial charge in [0.25, 0.3) is 0 Å². The van der Waals surface area contributed by atoms with E-state index in [1.54, 1.807) is 13.0 Å². The van der Waals surface area contributed by atoms with E-state index in [0.29, 0.717) is 23.7 Å². The van der Waals surface area contributed by atoms with Gasteiger partial charge in [0, 0.05) is 6.07 Å². The van der Waals surface area contributed by atoms with E-state index in [1.807, 2.05) is 0 Å². The third kappa shape index (κ3) is 5.74. The largest absolute Gasteiger partial charge is 0.480 e. The number of aromatic nitrogens is 1. The first-order valence-corrected chi connectivity index (χ1v) is 6.92. The molecule has 0 aliphatic heterocycles. The Morgan fingerprint density at radius 3 is 2.90 bits per heavy atom. The van der Waals surface area contributed by atoms with Crippen LogP contribution < -0.4 is 10.6 Å². The number of carboxylic acids is 1. The zero-order valence-corrected chi connectivity index (χ0v) is 11.6. The lowest BCUT2D eigenvalue weighted by Gasteiger charge is -2.10. The molecule has 8 nitrogen and oxygen atoms in total. The lowest BCUT2D eigenvalue weighted by Crippen LogP contribution is -2.36. The number of aryl methyl sites for hydroxylation is 1. The lowest BCUT2D eigenvalue weighted by molar-refractivity contribution is -0.140. The van der Waals surface area contributed by atoms with Crippen LogP contribution in [0.3, 0.4) is 0 Å². The van der Waals surface area contributed by atoms with Crippen molar-refractivity contribution in [3.63, 3.8) is 0 Å². The van der Waals surface area contributed by atoms with Gasteiger partial charge in [0.05, 0.1) is 5.75 Å². The van der Waals surface area contributed by atoms with Crippen molar-refractivity contribution in [2.45, 2.75) is 19.4 Å². The number of anilines is 1. The van der Waals surface area contributed by atoms with E-state index in [4.69, 9.17) is 9.63 Å². The maximum Gasteiger partial charge on any atom is 0.326 e. The van der Waals surface area contributed by atoms with E-state index in [9.17, 15) is 14.4 Å². The number of nitrogens with zero attached hydrogens (tertiary/aromatic N) is 1. The highest BCUT2D eigenvalue weighted by Crippen LogP contribution is 2.09. The van der Waals surface area contributed by atoms with Crippen molar-refractivity contribution >= 4 is 35.9 Å². The Morgan fingerprint density at radius 2 is 2.35 bits per heavy atom. The monoisotopic (exact) mass is 301 g/mol. The molecule has 1 atom stereocenters. The summed E-state index contributed by atoms with van der Waals surface area (Å²) in [5, 5.41) is 17.1. The first kappa shape index (κ1) is 16.0. The van der Waals surface area contributed by atoms with E-state index in [0.717, 1.165) is 0 Å². The van der Waals surface area contributed by atoms with Gasteiger partial charge in [0.2, 0.25) is 12.3 Å². The van der Waals surface area contributed by atoms with E-state index >= 15 is 0 Å². The van der Waals surface area contributed by atoms with Crippen molar-refractivity contribution in [3.05, 3.63) is 11.8 Å². The van der Waals surface area contributed by atoms with Crippen LogP contribution >= 0.6 is 11.8 Å². The Morgan fingerprint density at radius 1 is 1.60 bits per heavy atom. The molecule has 110 valence electrons. The number of carbonyl (C=O) groups excluding carboxylic acids is 2. The Kier molecular flexibility index (Phi) is 6.57. The van der Waals surface area contributed by atoms with Crippen LogP contribution in [0.1, 0.15) is 12.2 Å². The second kappa shape index (κ2) is 8.20. The fourth-order valence-corrected chi connectivity index (χ4v) is 2.13. The fraction of sp³-hybridized carbons (Fsp3) is 0.455. The minimum atomic E-state index is -1.10. The third-order valence-electron chi connectivity index (χ3n) is 2.25. The lowest BCUT2D eigenvalue weighted by atomic mass is 10.2. The molecule has 0 radical (unpaired) electrons. The number of hydrogen-bond donors (Lipinski definition) is 3. The van der Waals surface area contributed by atoms with Gasteiger partial charge >= 0.3 is 5.97 Å². The summed E-state index contributed by atoms with van der Waals surface area (Å²) in [5.41, 5.74) is 0. The minimum Gasteiger partial charge on any atom is -0.480 e. The van der Waals surface area contributed by atoms with E-state index in [2.05, 4.69) is 15.8 Å². The average molecular weight is 301 g/mol. The van der Waals surface area contributed by atoms with Gasteiger partial charge in [0.1, 0.15) is 11.8 Å². The molecule has 0 saturated heterocycles. The van der Waals surface area contributed by atoms with Gasteiger partial charge in [0.15, 0.2) is 5.82 Å². The standard InChI is InChI=1S/C11H15N3O5S/c1-7-4-9(14-19-7)13-10(16)5-20-3-2-8(11(17)18)12-6-15/h4,6,8H,2-3,5H2,1H3,(H,12,15)(H,17,18)(H,13,14,16). The molecule has 9 heteroatoms. The average Bonchev–Trinajstić information content (AvgIpc) is 2.78. The number of carboxylic acid groups (broad SMARTS) is 1. The van der Waals surface area contributed by atoms with Crippen molar-refractivity contribution < 1.29 is 24.0 Å². The van der Waals surface area contributed by atoms with Crippen molar-refractivity contribution in [1.82, 2.24) is 10.5 Å². The second-order valence-electron chi connectivity index (χ2n) is 3.89. The van der Waals surface area contributed by atoms with Crippen LogP contribution in [0.2, 0.25) is 0 Å². The normalized spacial score (nSPS) is 11.7. The molecule has 0 aliphatic rings. The number of amides is 2. The SMILES string of the molecule is Cc1cc(NC(=O)CSCCC(NC=O)C(=O)O)no1. The summed E-state index contributed by atoms with van der Waals surface area (Å²) in [4.78, 5) is 32.5. The van der Waals surface area contributed by atoms with E-state index in [-0.39, 0.29) is 18.1 Å². The van der Waals surface area contributed by atoms with Crippen LogP contribution in [-0.4, -0.2) is 46.1 Å². The Labute approximate surface area is 119 Å². The topological polar surface area (TPSA) is 122 Å². The van der Waals surface area contributed by atoms with Crippen LogP contribution in [0.4, 0.5) is 5.82 Å². The Hall–Kier alpha value is -2.03. The molecule has 0 bridgehead atoms. The number of rotatable bonds is 9. The summed E-state index contributed by atoms with van der Waals surface area (Å²) in [6.45, 7) is 1.71. The maximum atomic E-state index is 11.5. The first-order valence-electron chi connectivity index (χ1n) is 5.76. The summed E-state index contributed by atoms with van der Waals surface area (Å²) in [6, 6.07) is 0.665. The minimum absolute atomic E-state index is 0.166. The molecular formula is C11H15N3O5S. The van der Waals surface area contributed by atoms with Crippen LogP contribution in [0.25, 0.3) is 0 Å². The zero-order valence-electron chi connectivity index (χ0n) is 10.8. The molecular weight excluding hydrogens is 286 g/mol. The smallest absolute Gasteiger partial charge is 0.326 e. The van der Waals surface area contributed by atoms with Crippen LogP contribution in [0, 0.1) is 6.92 Å². The molecule has 0 aromatic carbocycles. The van der Waals surface area contributed by atoms with Crippen LogP contribution in [-0.2, 0) is 14.4 Å². The summed E-state index contributed by atoms with van der Waals surface area (Å²) in [6.07, 6.45) is 0.595. The van der Waals surface area contributed by atoms with Crippen molar-refractivity contribution in [2.24, 2.45) is 0 Å². The molecule has 1 unspecified atom stereocenters. The predicted octanol–water partition coefficient (Wildman–Crippen LogP) is 0.244. The van der Waals surface area contributed by atoms with E-state index < -0.39 is 12.0 Å². The van der Waals surface area contributed by atoms with Crippen molar-refractivity contribution in [1.29, 1.82) is 0 Å². The summed E-state index contributed by atoms with van der Waals surface area (Å²) < 4.78 is 4.80. The van der Waals surface area contributed by atoms with Gasteiger partial charge in [-0.3, -0.25) is 9.59 Å². The molecule has 2 amide bonds. The molecule has 0 fully saturated rings. The molecule has 1 heterocycles.